The van der Waals surface area contributed by atoms with E-state index in [0.29, 0.717) is 11.2 Å². The molecule has 4 saturated carbocycles. The molecule has 0 atom stereocenters. The molecule has 4 aliphatic carbocycles. The Labute approximate surface area is 204 Å². The minimum absolute atomic E-state index is 0.129. The van der Waals surface area contributed by atoms with Gasteiger partial charge in [-0.3, -0.25) is 0 Å². The van der Waals surface area contributed by atoms with E-state index >= 15 is 0 Å². The molecule has 2 aromatic carbocycles. The van der Waals surface area contributed by atoms with Crippen molar-refractivity contribution in [3.8, 4) is 0 Å². The molecule has 4 bridgehead atoms. The fraction of sp³-hybridized carbons (Fsp3) is 0.357. The van der Waals surface area contributed by atoms with Gasteiger partial charge in [-0.1, -0.05) is 23.7 Å². The number of rotatable bonds is 6. The van der Waals surface area contributed by atoms with Crippen molar-refractivity contribution in [2.45, 2.75) is 43.9 Å². The maximum Gasteiger partial charge on any atom is 0.339 e. The first kappa shape index (κ1) is 21.5. The number of anilines is 4. The van der Waals surface area contributed by atoms with Gasteiger partial charge in [0.05, 0.1) is 10.7 Å². The monoisotopic (exact) mass is 473 g/mol. The second-order valence-electron chi connectivity index (χ2n) is 10.4. The van der Waals surface area contributed by atoms with E-state index in [-0.39, 0.29) is 5.56 Å². The zero-order valence-corrected chi connectivity index (χ0v) is 19.7. The van der Waals surface area contributed by atoms with Gasteiger partial charge >= 0.3 is 5.97 Å². The molecule has 4 aliphatic rings. The smallest absolute Gasteiger partial charge is 0.339 e. The summed E-state index contributed by atoms with van der Waals surface area (Å²) in [5, 5.41) is 16.7. The summed E-state index contributed by atoms with van der Waals surface area (Å²) >= 11 is 6.79. The molecule has 3 N–H and O–H groups in total. The van der Waals surface area contributed by atoms with E-state index in [1.165, 1.54) is 50.2 Å². The SMILES string of the molecule is O=C(O)c1cccnc1Nc1cccc(Nc2ccc(C34CC5CC(CC(C5)C3)C4)cc2Cl)c1. The van der Waals surface area contributed by atoms with E-state index in [4.69, 9.17) is 11.6 Å². The largest absolute Gasteiger partial charge is 0.478 e. The molecule has 34 heavy (non-hydrogen) atoms. The Kier molecular flexibility index (Phi) is 5.25. The molecule has 6 heteroatoms. The average molecular weight is 474 g/mol. The number of carboxylic acid groups (broad SMARTS) is 1. The quantitative estimate of drug-likeness (QED) is 0.348. The van der Waals surface area contributed by atoms with Crippen LogP contribution in [0.25, 0.3) is 0 Å². The molecule has 1 heterocycles. The van der Waals surface area contributed by atoms with Crippen molar-refractivity contribution >= 4 is 40.5 Å². The van der Waals surface area contributed by atoms with Crippen LogP contribution in [0, 0.1) is 17.8 Å². The molecule has 5 nitrogen and oxygen atoms in total. The van der Waals surface area contributed by atoms with E-state index in [2.05, 4.69) is 33.8 Å². The summed E-state index contributed by atoms with van der Waals surface area (Å²) in [5.41, 5.74) is 4.34. The minimum Gasteiger partial charge on any atom is -0.478 e. The third kappa shape index (κ3) is 3.92. The molecule has 0 unspecified atom stereocenters. The third-order valence-corrected chi connectivity index (χ3v) is 8.37. The Balaban J connectivity index is 1.21. The Bertz CT molecular complexity index is 1220. The van der Waals surface area contributed by atoms with Crippen molar-refractivity contribution in [3.05, 3.63) is 76.9 Å². The molecule has 0 radical (unpaired) electrons. The maximum atomic E-state index is 11.5. The van der Waals surface area contributed by atoms with Crippen LogP contribution in [0.15, 0.2) is 60.8 Å². The van der Waals surface area contributed by atoms with E-state index in [1.54, 1.807) is 12.3 Å². The Hall–Kier alpha value is -3.05. The van der Waals surface area contributed by atoms with E-state index in [1.807, 2.05) is 24.3 Å². The number of aromatic carboxylic acids is 1. The first-order valence-electron chi connectivity index (χ1n) is 12.1. The fourth-order valence-corrected chi connectivity index (χ4v) is 7.28. The summed E-state index contributed by atoms with van der Waals surface area (Å²) in [6, 6.07) is 17.4. The van der Waals surface area contributed by atoms with Crippen LogP contribution < -0.4 is 10.6 Å². The number of halogens is 1. The number of carbonyl (C=O) groups is 1. The number of pyridine rings is 1. The summed E-state index contributed by atoms with van der Waals surface area (Å²) < 4.78 is 0. The van der Waals surface area contributed by atoms with Crippen molar-refractivity contribution < 1.29 is 9.90 Å². The van der Waals surface area contributed by atoms with Crippen LogP contribution in [-0.4, -0.2) is 16.1 Å². The first-order valence-corrected chi connectivity index (χ1v) is 12.5. The summed E-state index contributed by atoms with van der Waals surface area (Å²) in [7, 11) is 0. The van der Waals surface area contributed by atoms with Gasteiger partial charge in [-0.25, -0.2) is 9.78 Å². The lowest BCUT2D eigenvalue weighted by atomic mass is 9.48. The van der Waals surface area contributed by atoms with Gasteiger partial charge in [0.1, 0.15) is 11.4 Å². The van der Waals surface area contributed by atoms with Crippen molar-refractivity contribution in [1.82, 2.24) is 4.98 Å². The molecule has 3 aromatic rings. The molecule has 174 valence electrons. The number of nitrogens with one attached hydrogen (secondary N) is 2. The van der Waals surface area contributed by atoms with Gasteiger partial charge in [-0.15, -0.1) is 0 Å². The lowest BCUT2D eigenvalue weighted by Gasteiger charge is -2.57. The highest BCUT2D eigenvalue weighted by Gasteiger charge is 2.51. The third-order valence-electron chi connectivity index (χ3n) is 8.06. The number of nitrogens with zero attached hydrogens (tertiary/aromatic N) is 1. The zero-order valence-electron chi connectivity index (χ0n) is 18.9. The van der Waals surface area contributed by atoms with Crippen LogP contribution in [0.4, 0.5) is 22.9 Å². The fourth-order valence-electron chi connectivity index (χ4n) is 7.05. The molecule has 7 rings (SSSR count). The molecular formula is C28H28ClN3O2. The molecule has 0 saturated heterocycles. The highest BCUT2D eigenvalue weighted by molar-refractivity contribution is 6.33. The lowest BCUT2D eigenvalue weighted by molar-refractivity contribution is -0.00518. The predicted molar refractivity (Wildman–Crippen MR) is 136 cm³/mol. The number of carboxylic acids is 1. The number of aromatic nitrogens is 1. The molecule has 0 aliphatic heterocycles. The Morgan fingerprint density at radius 2 is 1.59 bits per heavy atom. The Morgan fingerprint density at radius 1 is 0.912 bits per heavy atom. The van der Waals surface area contributed by atoms with Crippen molar-refractivity contribution in [2.75, 3.05) is 10.6 Å². The van der Waals surface area contributed by atoms with Crippen LogP contribution in [0.2, 0.25) is 5.02 Å². The van der Waals surface area contributed by atoms with Gasteiger partial charge in [0.2, 0.25) is 0 Å². The highest BCUT2D eigenvalue weighted by atomic mass is 35.5. The topological polar surface area (TPSA) is 74.2 Å². The van der Waals surface area contributed by atoms with Gasteiger partial charge in [0.15, 0.2) is 0 Å². The maximum absolute atomic E-state index is 11.5. The van der Waals surface area contributed by atoms with Crippen LogP contribution >= 0.6 is 11.6 Å². The molecule has 0 spiro atoms. The van der Waals surface area contributed by atoms with Gasteiger partial charge < -0.3 is 15.7 Å². The minimum atomic E-state index is -1.02. The molecule has 4 fully saturated rings. The van der Waals surface area contributed by atoms with Crippen molar-refractivity contribution in [2.24, 2.45) is 17.8 Å². The van der Waals surface area contributed by atoms with E-state index in [0.717, 1.165) is 39.8 Å². The van der Waals surface area contributed by atoms with Gasteiger partial charge in [-0.05, 0) is 110 Å². The van der Waals surface area contributed by atoms with Gasteiger partial charge in [-0.2, -0.15) is 0 Å². The van der Waals surface area contributed by atoms with Crippen molar-refractivity contribution in [3.63, 3.8) is 0 Å². The summed E-state index contributed by atoms with van der Waals surface area (Å²) in [6.45, 7) is 0. The van der Waals surface area contributed by atoms with Crippen molar-refractivity contribution in [1.29, 1.82) is 0 Å². The summed E-state index contributed by atoms with van der Waals surface area (Å²) in [5.74, 6) is 2.00. The van der Waals surface area contributed by atoms with Crippen LogP contribution in [0.3, 0.4) is 0 Å². The van der Waals surface area contributed by atoms with E-state index < -0.39 is 5.97 Å². The second-order valence-corrected chi connectivity index (χ2v) is 10.8. The first-order chi connectivity index (χ1) is 16.5. The second kappa shape index (κ2) is 8.31. The number of benzene rings is 2. The number of hydrogen-bond donors (Lipinski definition) is 3. The average Bonchev–Trinajstić information content (AvgIpc) is 2.80. The summed E-state index contributed by atoms with van der Waals surface area (Å²) in [6.07, 6.45) is 9.84. The molecule has 0 amide bonds. The normalized spacial score (nSPS) is 26.9. The van der Waals surface area contributed by atoms with Crippen LogP contribution in [-0.2, 0) is 5.41 Å². The predicted octanol–water partition coefficient (Wildman–Crippen LogP) is 7.39. The molecule has 1 aromatic heterocycles. The molecular weight excluding hydrogens is 446 g/mol. The highest BCUT2D eigenvalue weighted by Crippen LogP contribution is 2.61. The summed E-state index contributed by atoms with van der Waals surface area (Å²) in [4.78, 5) is 15.7. The van der Waals surface area contributed by atoms with Crippen LogP contribution in [0.1, 0.15) is 54.4 Å². The Morgan fingerprint density at radius 3 is 2.24 bits per heavy atom. The van der Waals surface area contributed by atoms with Gasteiger partial charge in [0, 0.05) is 17.6 Å². The number of hydrogen-bond acceptors (Lipinski definition) is 4. The van der Waals surface area contributed by atoms with Gasteiger partial charge in [0.25, 0.3) is 0 Å². The lowest BCUT2D eigenvalue weighted by Crippen LogP contribution is -2.48. The van der Waals surface area contributed by atoms with E-state index in [9.17, 15) is 9.90 Å². The standard InChI is InChI=1S/C28H28ClN3O2/c29-24-12-20(28-14-17-9-18(15-28)11-19(10-17)16-28)6-7-25(24)31-21-3-1-4-22(13-21)32-26-23(27(33)34)5-2-8-30-26/h1-8,12-13,17-19,31H,9-11,14-16H2,(H,30,32)(H,33,34). The van der Waals surface area contributed by atoms with Crippen LogP contribution in [0.5, 0.6) is 0 Å². The zero-order chi connectivity index (χ0) is 23.3.